The van der Waals surface area contributed by atoms with Gasteiger partial charge in [-0.05, 0) is 48.9 Å². The normalized spacial score (nSPS) is 15.4. The minimum absolute atomic E-state index is 0.0480. The highest BCUT2D eigenvalue weighted by Crippen LogP contribution is 2.35. The third-order valence-electron chi connectivity index (χ3n) is 4.83. The first kappa shape index (κ1) is 18.8. The fourth-order valence-corrected chi connectivity index (χ4v) is 3.22. The first-order valence-corrected chi connectivity index (χ1v) is 9.53. The molecule has 1 aliphatic rings. The number of fused-ring (bicyclic) bond motifs is 1. The fourth-order valence-electron chi connectivity index (χ4n) is 3.22. The van der Waals surface area contributed by atoms with E-state index in [-0.39, 0.29) is 5.91 Å². The number of ether oxygens (including phenoxy) is 2. The Kier molecular flexibility index (Phi) is 5.33. The van der Waals surface area contributed by atoms with Crippen molar-refractivity contribution in [3.63, 3.8) is 0 Å². The average molecular weight is 389 g/mol. The van der Waals surface area contributed by atoms with Crippen molar-refractivity contribution in [2.24, 2.45) is 0 Å². The highest BCUT2D eigenvalue weighted by atomic mass is 16.5. The maximum Gasteiger partial charge on any atom is 0.267 e. The van der Waals surface area contributed by atoms with E-state index >= 15 is 0 Å². The molecule has 148 valence electrons. The summed E-state index contributed by atoms with van der Waals surface area (Å²) in [5.41, 5.74) is 3.82. The van der Waals surface area contributed by atoms with Gasteiger partial charge < -0.3 is 19.7 Å². The van der Waals surface area contributed by atoms with Crippen molar-refractivity contribution in [3.05, 3.63) is 78.1 Å². The molecule has 29 heavy (non-hydrogen) atoms. The van der Waals surface area contributed by atoms with E-state index in [0.717, 1.165) is 34.0 Å². The molecule has 2 heterocycles. The largest absolute Gasteiger partial charge is 0.489 e. The Bertz CT molecular complexity index is 1010. The predicted octanol–water partition coefficient (Wildman–Crippen LogP) is 4.02. The second-order valence-electron chi connectivity index (χ2n) is 6.99. The number of hydrogen-bond acceptors (Lipinski definition) is 5. The summed E-state index contributed by atoms with van der Waals surface area (Å²) in [5.74, 6) is 1.48. The quantitative estimate of drug-likeness (QED) is 0.690. The van der Waals surface area contributed by atoms with E-state index in [9.17, 15) is 4.79 Å². The first-order valence-electron chi connectivity index (χ1n) is 9.53. The molecule has 0 spiro atoms. The first-order chi connectivity index (χ1) is 14.1. The third kappa shape index (κ3) is 4.32. The van der Waals surface area contributed by atoms with Gasteiger partial charge in [-0.25, -0.2) is 0 Å². The van der Waals surface area contributed by atoms with Crippen LogP contribution in [0.4, 0.5) is 11.4 Å². The molecule has 0 saturated carbocycles. The molecule has 1 atom stereocenters. The summed E-state index contributed by atoms with van der Waals surface area (Å²) in [6, 6.07) is 17.6. The van der Waals surface area contributed by atoms with Gasteiger partial charge in [-0.15, -0.1) is 0 Å². The molecule has 0 radical (unpaired) electrons. The number of rotatable bonds is 6. The molecule has 4 rings (SSSR count). The molecule has 0 fully saturated rings. The lowest BCUT2D eigenvalue weighted by atomic mass is 10.1. The lowest BCUT2D eigenvalue weighted by Gasteiger charge is -2.30. The average Bonchev–Trinajstić information content (AvgIpc) is 2.76. The van der Waals surface area contributed by atoms with E-state index in [2.05, 4.69) is 10.3 Å². The van der Waals surface area contributed by atoms with Gasteiger partial charge in [-0.2, -0.15) is 0 Å². The highest BCUT2D eigenvalue weighted by Gasteiger charge is 2.28. The number of carbonyl (C=O) groups excluding carboxylic acids is 1. The molecule has 6 heteroatoms. The van der Waals surface area contributed by atoms with Gasteiger partial charge in [-0.3, -0.25) is 9.78 Å². The zero-order chi connectivity index (χ0) is 20.2. The van der Waals surface area contributed by atoms with Crippen LogP contribution >= 0.6 is 0 Å². The van der Waals surface area contributed by atoms with E-state index in [1.54, 1.807) is 31.3 Å². The van der Waals surface area contributed by atoms with E-state index in [0.29, 0.717) is 13.2 Å². The monoisotopic (exact) mass is 389 g/mol. The summed E-state index contributed by atoms with van der Waals surface area (Å²) in [4.78, 5) is 17.9. The number of pyridine rings is 1. The van der Waals surface area contributed by atoms with Crippen LogP contribution in [0, 0.1) is 0 Å². The van der Waals surface area contributed by atoms with Gasteiger partial charge in [0.25, 0.3) is 5.91 Å². The van der Waals surface area contributed by atoms with E-state index in [4.69, 9.17) is 9.47 Å². The molecule has 6 nitrogen and oxygen atoms in total. The number of nitrogens with one attached hydrogen (secondary N) is 1. The molecule has 0 aliphatic carbocycles. The van der Waals surface area contributed by atoms with Crippen molar-refractivity contribution < 1.29 is 14.3 Å². The predicted molar refractivity (Wildman–Crippen MR) is 112 cm³/mol. The standard InChI is InChI=1S/C23H23N3O3/c1-16-23(27)26(2)21-12-19(8-9-22(21)29-16)25-14-17-5-3-7-20(11-17)28-15-18-6-4-10-24-13-18/h3-13,16,25H,14-15H2,1-2H3. The zero-order valence-electron chi connectivity index (χ0n) is 16.5. The molecular weight excluding hydrogens is 366 g/mol. The molecule has 1 aliphatic heterocycles. The SMILES string of the molecule is CC1Oc2ccc(NCc3cccc(OCc4cccnc4)c3)cc2N(C)C1=O. The summed E-state index contributed by atoms with van der Waals surface area (Å²) in [7, 11) is 1.77. The second kappa shape index (κ2) is 8.22. The maximum absolute atomic E-state index is 12.1. The minimum Gasteiger partial charge on any atom is -0.489 e. The number of carbonyl (C=O) groups is 1. The number of benzene rings is 2. The van der Waals surface area contributed by atoms with Gasteiger partial charge >= 0.3 is 0 Å². The molecule has 0 saturated heterocycles. The third-order valence-corrected chi connectivity index (χ3v) is 4.83. The Morgan fingerprint density at radius 3 is 2.83 bits per heavy atom. The lowest BCUT2D eigenvalue weighted by molar-refractivity contribution is -0.125. The summed E-state index contributed by atoms with van der Waals surface area (Å²) < 4.78 is 11.5. The van der Waals surface area contributed by atoms with Crippen LogP contribution in [0.5, 0.6) is 11.5 Å². The van der Waals surface area contributed by atoms with Crippen molar-refractivity contribution in [2.75, 3.05) is 17.3 Å². The lowest BCUT2D eigenvalue weighted by Crippen LogP contribution is -2.41. The molecular formula is C23H23N3O3. The highest BCUT2D eigenvalue weighted by molar-refractivity contribution is 5.99. The molecule has 1 aromatic heterocycles. The Morgan fingerprint density at radius 1 is 1.14 bits per heavy atom. The number of hydrogen-bond donors (Lipinski definition) is 1. The summed E-state index contributed by atoms with van der Waals surface area (Å²) in [6.45, 7) is 2.88. The van der Waals surface area contributed by atoms with Crippen LogP contribution in [0.15, 0.2) is 67.0 Å². The molecule has 1 N–H and O–H groups in total. The number of nitrogens with zero attached hydrogens (tertiary/aromatic N) is 2. The van der Waals surface area contributed by atoms with Gasteiger partial charge in [0.05, 0.1) is 5.69 Å². The van der Waals surface area contributed by atoms with Crippen LogP contribution in [-0.4, -0.2) is 24.0 Å². The Balaban J connectivity index is 1.40. The molecule has 1 amide bonds. The van der Waals surface area contributed by atoms with Crippen molar-refractivity contribution in [1.82, 2.24) is 4.98 Å². The van der Waals surface area contributed by atoms with Crippen LogP contribution in [0.3, 0.4) is 0 Å². The van der Waals surface area contributed by atoms with E-state index in [1.807, 2.05) is 54.6 Å². The van der Waals surface area contributed by atoms with Crippen molar-refractivity contribution in [2.45, 2.75) is 26.2 Å². The molecule has 1 unspecified atom stereocenters. The molecule has 3 aromatic rings. The van der Waals surface area contributed by atoms with Crippen LogP contribution in [0.2, 0.25) is 0 Å². The van der Waals surface area contributed by atoms with Gasteiger partial charge in [0, 0.05) is 37.2 Å². The van der Waals surface area contributed by atoms with Crippen molar-refractivity contribution in [3.8, 4) is 11.5 Å². The number of anilines is 2. The summed E-state index contributed by atoms with van der Waals surface area (Å²) >= 11 is 0. The van der Waals surface area contributed by atoms with Gasteiger partial charge in [0.2, 0.25) is 0 Å². The van der Waals surface area contributed by atoms with Crippen molar-refractivity contribution >= 4 is 17.3 Å². The number of aromatic nitrogens is 1. The number of amides is 1. The summed E-state index contributed by atoms with van der Waals surface area (Å²) in [5, 5.41) is 3.40. The smallest absolute Gasteiger partial charge is 0.267 e. The van der Waals surface area contributed by atoms with Crippen LogP contribution in [0.25, 0.3) is 0 Å². The maximum atomic E-state index is 12.1. The second-order valence-corrected chi connectivity index (χ2v) is 6.99. The van der Waals surface area contributed by atoms with Crippen LogP contribution in [0.1, 0.15) is 18.1 Å². The van der Waals surface area contributed by atoms with Crippen molar-refractivity contribution in [1.29, 1.82) is 0 Å². The van der Waals surface area contributed by atoms with Gasteiger partial charge in [0.1, 0.15) is 18.1 Å². The van der Waals surface area contributed by atoms with Gasteiger partial charge in [0.15, 0.2) is 6.10 Å². The van der Waals surface area contributed by atoms with E-state index < -0.39 is 6.10 Å². The molecule has 0 bridgehead atoms. The Labute approximate surface area is 170 Å². The van der Waals surface area contributed by atoms with E-state index in [1.165, 1.54) is 0 Å². The Morgan fingerprint density at radius 2 is 2.00 bits per heavy atom. The Hall–Kier alpha value is -3.54. The number of likely N-dealkylation sites (N-methyl/N-ethyl adjacent to an activating group) is 1. The zero-order valence-corrected chi connectivity index (χ0v) is 16.5. The van der Waals surface area contributed by atoms with Crippen LogP contribution < -0.4 is 19.7 Å². The minimum atomic E-state index is -0.458. The summed E-state index contributed by atoms with van der Waals surface area (Å²) in [6.07, 6.45) is 3.09. The topological polar surface area (TPSA) is 63.7 Å². The van der Waals surface area contributed by atoms with Gasteiger partial charge in [-0.1, -0.05) is 18.2 Å². The molecule has 2 aromatic carbocycles. The van der Waals surface area contributed by atoms with Crippen LogP contribution in [-0.2, 0) is 17.9 Å². The fraction of sp³-hybridized carbons (Fsp3) is 0.217.